The number of anilines is 3. The predicted octanol–water partition coefficient (Wildman–Crippen LogP) is 4.72. The second kappa shape index (κ2) is 9.09. The van der Waals surface area contributed by atoms with E-state index in [1.165, 1.54) is 18.5 Å². The molecule has 1 aromatic carbocycles. The Morgan fingerprint density at radius 3 is 2.64 bits per heavy atom. The lowest BCUT2D eigenvalue weighted by Crippen LogP contribution is -2.34. The molecule has 150 valence electrons. The maximum absolute atomic E-state index is 12.7. The molecule has 0 spiro atoms. The van der Waals surface area contributed by atoms with Gasteiger partial charge in [0.1, 0.15) is 5.82 Å². The molecule has 5 nitrogen and oxygen atoms in total. The largest absolute Gasteiger partial charge is 0.372 e. The van der Waals surface area contributed by atoms with E-state index in [1.54, 1.807) is 6.20 Å². The van der Waals surface area contributed by atoms with E-state index in [1.807, 2.05) is 25.1 Å². The van der Waals surface area contributed by atoms with Gasteiger partial charge in [-0.2, -0.15) is 0 Å². The van der Waals surface area contributed by atoms with Crippen LogP contribution in [0.3, 0.4) is 0 Å². The Balaban J connectivity index is 1.67. The SMILES string of the molecule is CCN(CC)c1ccc(NC(=O)c2ccc(N3CCCC(C)C3)nc2)c(C)c1. The van der Waals surface area contributed by atoms with Gasteiger partial charge in [0, 0.05) is 43.8 Å². The standard InChI is InChI=1S/C23H32N4O/c1-5-26(6-2)20-10-11-21(18(4)14-20)25-23(28)19-9-12-22(24-15-19)27-13-7-8-17(3)16-27/h9-12,14-15,17H,5-8,13,16H2,1-4H3,(H,25,28). The predicted molar refractivity (Wildman–Crippen MR) is 118 cm³/mol. The van der Waals surface area contributed by atoms with Crippen LogP contribution in [-0.2, 0) is 0 Å². The van der Waals surface area contributed by atoms with Gasteiger partial charge in [0.25, 0.3) is 5.91 Å². The number of nitrogens with one attached hydrogen (secondary N) is 1. The Morgan fingerprint density at radius 2 is 2.04 bits per heavy atom. The van der Waals surface area contributed by atoms with Crippen LogP contribution in [0.15, 0.2) is 36.5 Å². The minimum absolute atomic E-state index is 0.121. The summed E-state index contributed by atoms with van der Waals surface area (Å²) < 4.78 is 0. The quantitative estimate of drug-likeness (QED) is 0.787. The van der Waals surface area contributed by atoms with Gasteiger partial charge in [0.05, 0.1) is 5.56 Å². The van der Waals surface area contributed by atoms with E-state index in [0.717, 1.165) is 43.2 Å². The molecule has 1 atom stereocenters. The number of carbonyl (C=O) groups excluding carboxylic acids is 1. The Morgan fingerprint density at radius 1 is 1.25 bits per heavy atom. The van der Waals surface area contributed by atoms with Crippen LogP contribution in [0, 0.1) is 12.8 Å². The van der Waals surface area contributed by atoms with Crippen molar-refractivity contribution in [2.45, 2.75) is 40.5 Å². The highest BCUT2D eigenvalue weighted by molar-refractivity contribution is 6.04. The molecule has 1 saturated heterocycles. The summed E-state index contributed by atoms with van der Waals surface area (Å²) in [4.78, 5) is 21.8. The lowest BCUT2D eigenvalue weighted by Gasteiger charge is -2.31. The summed E-state index contributed by atoms with van der Waals surface area (Å²) in [6.07, 6.45) is 4.17. The molecule has 1 fully saturated rings. The molecule has 1 aliphatic rings. The Kier molecular flexibility index (Phi) is 6.55. The molecular weight excluding hydrogens is 348 g/mol. The van der Waals surface area contributed by atoms with Crippen LogP contribution >= 0.6 is 0 Å². The molecule has 1 aliphatic heterocycles. The van der Waals surface area contributed by atoms with E-state index in [0.29, 0.717) is 11.5 Å². The minimum Gasteiger partial charge on any atom is -0.372 e. The van der Waals surface area contributed by atoms with Crippen LogP contribution in [0.25, 0.3) is 0 Å². The molecule has 1 aromatic heterocycles. The average molecular weight is 381 g/mol. The van der Waals surface area contributed by atoms with Crippen molar-refractivity contribution in [1.29, 1.82) is 0 Å². The molecule has 2 heterocycles. The molecule has 1 unspecified atom stereocenters. The van der Waals surface area contributed by atoms with Crippen LogP contribution in [0.5, 0.6) is 0 Å². The average Bonchev–Trinajstić information content (AvgIpc) is 2.71. The van der Waals surface area contributed by atoms with Crippen molar-refractivity contribution < 1.29 is 4.79 Å². The number of rotatable bonds is 6. The molecule has 2 aromatic rings. The fraction of sp³-hybridized carbons (Fsp3) is 0.478. The third-order valence-electron chi connectivity index (χ3n) is 5.58. The molecule has 5 heteroatoms. The normalized spacial score (nSPS) is 16.7. The van der Waals surface area contributed by atoms with Gasteiger partial charge < -0.3 is 15.1 Å². The van der Waals surface area contributed by atoms with Gasteiger partial charge in [-0.3, -0.25) is 4.79 Å². The Hall–Kier alpha value is -2.56. The Labute approximate surface area is 168 Å². The van der Waals surface area contributed by atoms with Gasteiger partial charge >= 0.3 is 0 Å². The van der Waals surface area contributed by atoms with Crippen LogP contribution < -0.4 is 15.1 Å². The number of hydrogen-bond acceptors (Lipinski definition) is 4. The molecule has 0 saturated carbocycles. The summed E-state index contributed by atoms with van der Waals surface area (Å²) >= 11 is 0. The third kappa shape index (κ3) is 4.64. The number of hydrogen-bond donors (Lipinski definition) is 1. The van der Waals surface area contributed by atoms with E-state index < -0.39 is 0 Å². The van der Waals surface area contributed by atoms with Crippen LogP contribution in [0.2, 0.25) is 0 Å². The van der Waals surface area contributed by atoms with Gasteiger partial charge in [0.15, 0.2) is 0 Å². The van der Waals surface area contributed by atoms with Crippen molar-refractivity contribution in [3.8, 4) is 0 Å². The van der Waals surface area contributed by atoms with Crippen molar-refractivity contribution >= 4 is 23.1 Å². The first-order chi connectivity index (χ1) is 13.5. The van der Waals surface area contributed by atoms with E-state index >= 15 is 0 Å². The van der Waals surface area contributed by atoms with Crippen molar-refractivity contribution in [1.82, 2.24) is 4.98 Å². The van der Waals surface area contributed by atoms with Crippen molar-refractivity contribution in [3.05, 3.63) is 47.7 Å². The van der Waals surface area contributed by atoms with Gasteiger partial charge in [0.2, 0.25) is 0 Å². The summed E-state index contributed by atoms with van der Waals surface area (Å²) in [7, 11) is 0. The summed E-state index contributed by atoms with van der Waals surface area (Å²) in [5.41, 5.74) is 3.67. The van der Waals surface area contributed by atoms with Crippen molar-refractivity contribution in [2.75, 3.05) is 41.3 Å². The van der Waals surface area contributed by atoms with Gasteiger partial charge in [-0.15, -0.1) is 0 Å². The molecular formula is C23H32N4O. The maximum Gasteiger partial charge on any atom is 0.257 e. The number of pyridine rings is 1. The van der Waals surface area contributed by atoms with Crippen LogP contribution in [0.4, 0.5) is 17.2 Å². The first-order valence-electron chi connectivity index (χ1n) is 10.4. The van der Waals surface area contributed by atoms with E-state index in [-0.39, 0.29) is 5.91 Å². The lowest BCUT2D eigenvalue weighted by molar-refractivity contribution is 0.102. The smallest absolute Gasteiger partial charge is 0.257 e. The first kappa shape index (κ1) is 20.2. The van der Waals surface area contributed by atoms with E-state index in [9.17, 15) is 4.79 Å². The highest BCUT2D eigenvalue weighted by atomic mass is 16.1. The maximum atomic E-state index is 12.7. The monoisotopic (exact) mass is 380 g/mol. The number of aryl methyl sites for hydroxylation is 1. The van der Waals surface area contributed by atoms with Crippen LogP contribution in [0.1, 0.15) is 49.5 Å². The number of amides is 1. The second-order valence-electron chi connectivity index (χ2n) is 7.72. The number of aromatic nitrogens is 1. The lowest BCUT2D eigenvalue weighted by atomic mass is 10.0. The molecule has 1 amide bonds. The zero-order chi connectivity index (χ0) is 20.1. The molecule has 0 bridgehead atoms. The van der Waals surface area contributed by atoms with E-state index in [2.05, 4.69) is 53.0 Å². The summed E-state index contributed by atoms with van der Waals surface area (Å²) in [6, 6.07) is 10.0. The fourth-order valence-corrected chi connectivity index (χ4v) is 3.87. The topological polar surface area (TPSA) is 48.5 Å². The molecule has 0 radical (unpaired) electrons. The number of nitrogens with zero attached hydrogens (tertiary/aromatic N) is 3. The zero-order valence-corrected chi connectivity index (χ0v) is 17.5. The number of piperidine rings is 1. The van der Waals surface area contributed by atoms with E-state index in [4.69, 9.17) is 0 Å². The second-order valence-corrected chi connectivity index (χ2v) is 7.72. The molecule has 0 aliphatic carbocycles. The number of benzene rings is 1. The minimum atomic E-state index is -0.121. The Bertz CT molecular complexity index is 799. The number of carbonyl (C=O) groups is 1. The fourth-order valence-electron chi connectivity index (χ4n) is 3.87. The zero-order valence-electron chi connectivity index (χ0n) is 17.5. The van der Waals surface area contributed by atoms with Gasteiger partial charge in [-0.1, -0.05) is 6.92 Å². The summed E-state index contributed by atoms with van der Waals surface area (Å²) in [5, 5.41) is 3.02. The van der Waals surface area contributed by atoms with Gasteiger partial charge in [-0.25, -0.2) is 4.98 Å². The van der Waals surface area contributed by atoms with Crippen molar-refractivity contribution in [3.63, 3.8) is 0 Å². The van der Waals surface area contributed by atoms with Gasteiger partial charge in [-0.05, 0) is 75.4 Å². The molecule has 3 rings (SSSR count). The molecule has 28 heavy (non-hydrogen) atoms. The summed E-state index contributed by atoms with van der Waals surface area (Å²) in [5.74, 6) is 1.54. The summed E-state index contributed by atoms with van der Waals surface area (Å²) in [6.45, 7) is 12.6. The third-order valence-corrected chi connectivity index (χ3v) is 5.58. The highest BCUT2D eigenvalue weighted by Crippen LogP contribution is 2.24. The van der Waals surface area contributed by atoms with Crippen LogP contribution in [-0.4, -0.2) is 37.1 Å². The molecule has 1 N–H and O–H groups in total. The van der Waals surface area contributed by atoms with Crippen molar-refractivity contribution in [2.24, 2.45) is 5.92 Å². The first-order valence-corrected chi connectivity index (χ1v) is 10.4. The highest BCUT2D eigenvalue weighted by Gasteiger charge is 2.18.